The van der Waals surface area contributed by atoms with Crippen molar-refractivity contribution in [3.05, 3.63) is 95.3 Å². The van der Waals surface area contributed by atoms with Crippen LogP contribution in [0, 0.1) is 0 Å². The number of rotatable bonds is 6. The van der Waals surface area contributed by atoms with E-state index < -0.39 is 5.97 Å². The predicted molar refractivity (Wildman–Crippen MR) is 127 cm³/mol. The number of carbonyl (C=O) groups excluding carboxylic acids is 2. The standard InChI is InChI=1S/C27H27N3O4/c1-33-26(31)21-9-7-20(8-10-21)25-15-22(23-16-28-30(17-23)24-11-12-24)13-14-29(25)27(32)34-18-19-5-3-2-4-6-19/h2-10,15-17,24-25H,11-14,18H2,1H3/t25-/m0/s1. The lowest BCUT2D eigenvalue weighted by Crippen LogP contribution is -2.37. The predicted octanol–water partition coefficient (Wildman–Crippen LogP) is 5.17. The van der Waals surface area contributed by atoms with Crippen LogP contribution < -0.4 is 0 Å². The van der Waals surface area contributed by atoms with Crippen molar-refractivity contribution in [2.24, 2.45) is 0 Å². The number of hydrogen-bond donors (Lipinski definition) is 0. The molecular weight excluding hydrogens is 430 g/mol. The minimum atomic E-state index is -0.391. The molecule has 1 aliphatic carbocycles. The molecule has 7 heteroatoms. The first-order valence-electron chi connectivity index (χ1n) is 11.5. The lowest BCUT2D eigenvalue weighted by molar-refractivity contribution is 0.0600. The van der Waals surface area contributed by atoms with Gasteiger partial charge in [0.25, 0.3) is 0 Å². The van der Waals surface area contributed by atoms with E-state index in [1.54, 1.807) is 17.0 Å². The molecule has 1 saturated carbocycles. The van der Waals surface area contributed by atoms with E-state index in [4.69, 9.17) is 9.47 Å². The van der Waals surface area contributed by atoms with Crippen LogP contribution in [0.4, 0.5) is 4.79 Å². The quantitative estimate of drug-likeness (QED) is 0.478. The average Bonchev–Trinajstić information content (AvgIpc) is 3.63. The molecule has 0 bridgehead atoms. The van der Waals surface area contributed by atoms with Gasteiger partial charge in [0, 0.05) is 18.3 Å². The molecule has 0 N–H and O–H groups in total. The second kappa shape index (κ2) is 9.55. The molecule has 0 spiro atoms. The Bertz CT molecular complexity index is 1200. The molecule has 0 radical (unpaired) electrons. The van der Waals surface area contributed by atoms with Crippen LogP contribution in [0.3, 0.4) is 0 Å². The van der Waals surface area contributed by atoms with Crippen LogP contribution in [-0.2, 0) is 16.1 Å². The summed E-state index contributed by atoms with van der Waals surface area (Å²) in [6.07, 6.45) is 8.82. The number of nitrogens with zero attached hydrogens (tertiary/aromatic N) is 3. The SMILES string of the molecule is COC(=O)c1ccc([C@@H]2C=C(c3cnn(C4CC4)c3)CCN2C(=O)OCc2ccccc2)cc1. The summed E-state index contributed by atoms with van der Waals surface area (Å²) >= 11 is 0. The highest BCUT2D eigenvalue weighted by Gasteiger charge is 2.31. The lowest BCUT2D eigenvalue weighted by Gasteiger charge is -2.34. The zero-order valence-electron chi connectivity index (χ0n) is 19.1. The first-order chi connectivity index (χ1) is 16.6. The fraction of sp³-hybridized carbons (Fsp3) is 0.296. The van der Waals surface area contributed by atoms with Crippen LogP contribution >= 0.6 is 0 Å². The van der Waals surface area contributed by atoms with Crippen LogP contribution in [-0.4, -0.2) is 40.4 Å². The normalized spacial score (nSPS) is 17.7. The summed E-state index contributed by atoms with van der Waals surface area (Å²) in [5, 5.41) is 4.53. The number of amides is 1. The van der Waals surface area contributed by atoms with E-state index in [0.29, 0.717) is 24.6 Å². The van der Waals surface area contributed by atoms with Gasteiger partial charge in [0.1, 0.15) is 6.61 Å². The molecule has 2 heterocycles. The Balaban J connectivity index is 1.40. The topological polar surface area (TPSA) is 73.7 Å². The van der Waals surface area contributed by atoms with E-state index in [1.165, 1.54) is 20.0 Å². The first kappa shape index (κ1) is 21.9. The number of esters is 1. The zero-order chi connectivity index (χ0) is 23.5. The fourth-order valence-corrected chi connectivity index (χ4v) is 4.24. The van der Waals surface area contributed by atoms with Crippen LogP contribution in [0.2, 0.25) is 0 Å². The Morgan fingerprint density at radius 1 is 1.06 bits per heavy atom. The summed E-state index contributed by atoms with van der Waals surface area (Å²) in [6, 6.07) is 17.0. The number of hydrogen-bond acceptors (Lipinski definition) is 5. The van der Waals surface area contributed by atoms with E-state index in [1.807, 2.05) is 53.3 Å². The van der Waals surface area contributed by atoms with Crippen molar-refractivity contribution >= 4 is 17.6 Å². The number of benzene rings is 2. The molecule has 1 aromatic heterocycles. The van der Waals surface area contributed by atoms with Crippen molar-refractivity contribution in [1.29, 1.82) is 0 Å². The molecule has 5 rings (SSSR count). The van der Waals surface area contributed by atoms with Gasteiger partial charge in [0.15, 0.2) is 0 Å². The molecule has 174 valence electrons. The van der Waals surface area contributed by atoms with E-state index >= 15 is 0 Å². The molecule has 0 saturated heterocycles. The minimum absolute atomic E-state index is 0.217. The molecule has 1 amide bonds. The number of carbonyl (C=O) groups is 2. The maximum absolute atomic E-state index is 13.1. The maximum Gasteiger partial charge on any atom is 0.410 e. The Morgan fingerprint density at radius 3 is 2.53 bits per heavy atom. The molecule has 1 aliphatic heterocycles. The van der Waals surface area contributed by atoms with E-state index in [-0.39, 0.29) is 18.7 Å². The van der Waals surface area contributed by atoms with Gasteiger partial charge in [-0.15, -0.1) is 0 Å². The highest BCUT2D eigenvalue weighted by atomic mass is 16.6. The average molecular weight is 458 g/mol. The van der Waals surface area contributed by atoms with Crippen molar-refractivity contribution in [3.63, 3.8) is 0 Å². The Labute approximate surface area is 198 Å². The summed E-state index contributed by atoms with van der Waals surface area (Å²) in [7, 11) is 1.36. The second-order valence-corrected chi connectivity index (χ2v) is 8.67. The van der Waals surface area contributed by atoms with Crippen LogP contribution in [0.15, 0.2) is 73.1 Å². The first-order valence-corrected chi connectivity index (χ1v) is 11.5. The van der Waals surface area contributed by atoms with Crippen LogP contribution in [0.1, 0.15) is 58.4 Å². The summed E-state index contributed by atoms with van der Waals surface area (Å²) in [5.74, 6) is -0.391. The lowest BCUT2D eigenvalue weighted by atomic mass is 9.93. The number of aromatic nitrogens is 2. The highest BCUT2D eigenvalue weighted by molar-refractivity contribution is 5.89. The second-order valence-electron chi connectivity index (χ2n) is 8.67. The van der Waals surface area contributed by atoms with Gasteiger partial charge in [-0.25, -0.2) is 9.59 Å². The van der Waals surface area contributed by atoms with Gasteiger partial charge in [-0.05, 0) is 48.1 Å². The molecular formula is C27H27N3O4. The van der Waals surface area contributed by atoms with Gasteiger partial charge >= 0.3 is 12.1 Å². The van der Waals surface area contributed by atoms with Crippen molar-refractivity contribution < 1.29 is 19.1 Å². The Kier molecular flexibility index (Phi) is 6.16. The minimum Gasteiger partial charge on any atom is -0.465 e. The highest BCUT2D eigenvalue weighted by Crippen LogP contribution is 2.37. The summed E-state index contributed by atoms with van der Waals surface area (Å²) in [5.41, 5.74) is 4.54. The van der Waals surface area contributed by atoms with Crippen molar-refractivity contribution in [2.45, 2.75) is 38.0 Å². The summed E-state index contributed by atoms with van der Waals surface area (Å²) in [6.45, 7) is 0.742. The molecule has 0 unspecified atom stereocenters. The third-order valence-corrected chi connectivity index (χ3v) is 6.32. The van der Waals surface area contributed by atoms with Crippen molar-refractivity contribution in [3.8, 4) is 0 Å². The third-order valence-electron chi connectivity index (χ3n) is 6.32. The third kappa shape index (κ3) is 4.73. The van der Waals surface area contributed by atoms with Gasteiger partial charge in [-0.3, -0.25) is 9.58 Å². The largest absolute Gasteiger partial charge is 0.465 e. The van der Waals surface area contributed by atoms with E-state index in [2.05, 4.69) is 17.4 Å². The van der Waals surface area contributed by atoms with Crippen molar-refractivity contribution in [2.75, 3.05) is 13.7 Å². The van der Waals surface area contributed by atoms with Gasteiger partial charge in [-0.1, -0.05) is 48.5 Å². The van der Waals surface area contributed by atoms with E-state index in [9.17, 15) is 9.59 Å². The van der Waals surface area contributed by atoms with Gasteiger partial charge in [0.2, 0.25) is 0 Å². The van der Waals surface area contributed by atoms with Crippen molar-refractivity contribution in [1.82, 2.24) is 14.7 Å². The number of methoxy groups -OCH3 is 1. The molecule has 2 aliphatic rings. The molecule has 1 fully saturated rings. The smallest absolute Gasteiger partial charge is 0.410 e. The molecule has 2 aromatic carbocycles. The fourth-order valence-electron chi connectivity index (χ4n) is 4.24. The molecule has 1 atom stereocenters. The Morgan fingerprint density at radius 2 is 1.82 bits per heavy atom. The Hall–Kier alpha value is -3.87. The zero-order valence-corrected chi connectivity index (χ0v) is 19.1. The summed E-state index contributed by atoms with van der Waals surface area (Å²) in [4.78, 5) is 26.7. The monoisotopic (exact) mass is 457 g/mol. The van der Waals surface area contributed by atoms with Crippen LogP contribution in [0.25, 0.3) is 5.57 Å². The van der Waals surface area contributed by atoms with Crippen LogP contribution in [0.5, 0.6) is 0 Å². The maximum atomic E-state index is 13.1. The molecule has 3 aromatic rings. The molecule has 7 nitrogen and oxygen atoms in total. The van der Waals surface area contributed by atoms with Gasteiger partial charge in [-0.2, -0.15) is 5.10 Å². The van der Waals surface area contributed by atoms with Gasteiger partial charge in [0.05, 0.1) is 31.0 Å². The number of ether oxygens (including phenoxy) is 2. The van der Waals surface area contributed by atoms with E-state index in [0.717, 1.165) is 22.3 Å². The van der Waals surface area contributed by atoms with Gasteiger partial charge < -0.3 is 9.47 Å². The molecule has 34 heavy (non-hydrogen) atoms. The summed E-state index contributed by atoms with van der Waals surface area (Å²) < 4.78 is 12.5.